The standard InChI is InChI=1S/C12H12N4O/c1-9-8-11(4-7-14-9)16-12(17)15-10-2-5-13-6-3-10/h2-8H,1H3,(H2,13,14,15,16,17). The third-order valence-corrected chi connectivity index (χ3v) is 2.09. The molecule has 0 radical (unpaired) electrons. The summed E-state index contributed by atoms with van der Waals surface area (Å²) in [7, 11) is 0. The first kappa shape index (κ1) is 11.1. The highest BCUT2D eigenvalue weighted by Gasteiger charge is 2.02. The molecule has 2 aromatic rings. The second-order valence-corrected chi connectivity index (χ2v) is 3.50. The van der Waals surface area contributed by atoms with Crippen LogP contribution in [-0.2, 0) is 0 Å². The van der Waals surface area contributed by atoms with E-state index in [4.69, 9.17) is 0 Å². The Balaban J connectivity index is 1.98. The minimum absolute atomic E-state index is 0.290. The normalized spacial score (nSPS) is 9.71. The average Bonchev–Trinajstić information content (AvgIpc) is 2.30. The van der Waals surface area contributed by atoms with E-state index in [1.807, 2.05) is 6.92 Å². The summed E-state index contributed by atoms with van der Waals surface area (Å²) in [6, 6.07) is 6.68. The maximum absolute atomic E-state index is 11.6. The van der Waals surface area contributed by atoms with Gasteiger partial charge in [-0.1, -0.05) is 0 Å². The number of carbonyl (C=O) groups is 1. The van der Waals surface area contributed by atoms with Crippen molar-refractivity contribution in [1.29, 1.82) is 0 Å². The van der Waals surface area contributed by atoms with Crippen molar-refractivity contribution in [2.75, 3.05) is 10.6 Å². The van der Waals surface area contributed by atoms with Crippen LogP contribution in [0.15, 0.2) is 42.9 Å². The fraction of sp³-hybridized carbons (Fsp3) is 0.0833. The number of amides is 2. The van der Waals surface area contributed by atoms with E-state index < -0.39 is 0 Å². The lowest BCUT2D eigenvalue weighted by Gasteiger charge is -2.07. The van der Waals surface area contributed by atoms with Gasteiger partial charge in [-0.15, -0.1) is 0 Å². The maximum Gasteiger partial charge on any atom is 0.323 e. The predicted molar refractivity (Wildman–Crippen MR) is 65.9 cm³/mol. The van der Waals surface area contributed by atoms with Crippen molar-refractivity contribution >= 4 is 17.4 Å². The SMILES string of the molecule is Cc1cc(NC(=O)Nc2ccncc2)ccn1. The molecule has 86 valence electrons. The average molecular weight is 228 g/mol. The molecule has 2 N–H and O–H groups in total. The predicted octanol–water partition coefficient (Wildman–Crippen LogP) is 2.43. The Bertz CT molecular complexity index is 513. The van der Waals surface area contributed by atoms with E-state index in [2.05, 4.69) is 20.6 Å². The molecule has 0 fully saturated rings. The van der Waals surface area contributed by atoms with Gasteiger partial charge in [0.2, 0.25) is 0 Å². The van der Waals surface area contributed by atoms with E-state index in [-0.39, 0.29) is 6.03 Å². The molecule has 0 saturated carbocycles. The summed E-state index contributed by atoms with van der Waals surface area (Å²) in [6.45, 7) is 1.87. The molecular formula is C12H12N4O. The van der Waals surface area contributed by atoms with Gasteiger partial charge in [-0.05, 0) is 31.2 Å². The summed E-state index contributed by atoms with van der Waals surface area (Å²) in [4.78, 5) is 19.5. The molecular weight excluding hydrogens is 216 g/mol. The zero-order valence-corrected chi connectivity index (χ0v) is 9.34. The van der Waals surface area contributed by atoms with Gasteiger partial charge in [-0.3, -0.25) is 9.97 Å². The summed E-state index contributed by atoms with van der Waals surface area (Å²) in [5.74, 6) is 0. The quantitative estimate of drug-likeness (QED) is 0.829. The third kappa shape index (κ3) is 3.27. The van der Waals surface area contributed by atoms with Gasteiger partial charge in [0, 0.05) is 35.7 Å². The van der Waals surface area contributed by atoms with Crippen LogP contribution in [0, 0.1) is 6.92 Å². The number of hydrogen-bond acceptors (Lipinski definition) is 3. The van der Waals surface area contributed by atoms with Crippen LogP contribution in [-0.4, -0.2) is 16.0 Å². The lowest BCUT2D eigenvalue weighted by molar-refractivity contribution is 0.262. The fourth-order valence-electron chi connectivity index (χ4n) is 1.35. The van der Waals surface area contributed by atoms with Gasteiger partial charge >= 0.3 is 6.03 Å². The van der Waals surface area contributed by atoms with E-state index in [1.165, 1.54) is 0 Å². The topological polar surface area (TPSA) is 66.9 Å². The summed E-state index contributed by atoms with van der Waals surface area (Å²) < 4.78 is 0. The smallest absolute Gasteiger partial charge is 0.308 e. The van der Waals surface area contributed by atoms with Crippen LogP contribution >= 0.6 is 0 Å². The van der Waals surface area contributed by atoms with Crippen molar-refractivity contribution in [3.63, 3.8) is 0 Å². The summed E-state index contributed by atoms with van der Waals surface area (Å²) >= 11 is 0. The van der Waals surface area contributed by atoms with Crippen molar-refractivity contribution < 1.29 is 4.79 Å². The highest BCUT2D eigenvalue weighted by Crippen LogP contribution is 2.08. The van der Waals surface area contributed by atoms with Crippen molar-refractivity contribution in [3.8, 4) is 0 Å². The Morgan fingerprint density at radius 3 is 2.41 bits per heavy atom. The lowest BCUT2D eigenvalue weighted by atomic mass is 10.3. The van der Waals surface area contributed by atoms with Crippen LogP contribution in [0.3, 0.4) is 0 Å². The molecule has 0 unspecified atom stereocenters. The van der Waals surface area contributed by atoms with Gasteiger partial charge in [0.25, 0.3) is 0 Å². The number of nitrogens with one attached hydrogen (secondary N) is 2. The fourth-order valence-corrected chi connectivity index (χ4v) is 1.35. The number of rotatable bonds is 2. The van der Waals surface area contributed by atoms with Crippen LogP contribution < -0.4 is 10.6 Å². The Labute approximate surface area is 98.9 Å². The van der Waals surface area contributed by atoms with Gasteiger partial charge in [0.15, 0.2) is 0 Å². The van der Waals surface area contributed by atoms with Crippen LogP contribution in [0.25, 0.3) is 0 Å². The Morgan fingerprint density at radius 1 is 1.06 bits per heavy atom. The zero-order valence-electron chi connectivity index (χ0n) is 9.34. The van der Waals surface area contributed by atoms with Crippen molar-refractivity contribution in [1.82, 2.24) is 9.97 Å². The van der Waals surface area contributed by atoms with Gasteiger partial charge < -0.3 is 10.6 Å². The summed E-state index contributed by atoms with van der Waals surface area (Å²) in [6.07, 6.45) is 4.88. The molecule has 0 saturated heterocycles. The molecule has 2 aromatic heterocycles. The molecule has 0 aromatic carbocycles. The van der Waals surface area contributed by atoms with E-state index in [9.17, 15) is 4.79 Å². The zero-order chi connectivity index (χ0) is 12.1. The van der Waals surface area contributed by atoms with Crippen LogP contribution in [0.5, 0.6) is 0 Å². The highest BCUT2D eigenvalue weighted by molar-refractivity contribution is 5.99. The molecule has 0 bridgehead atoms. The molecule has 0 aliphatic carbocycles. The molecule has 5 nitrogen and oxygen atoms in total. The second-order valence-electron chi connectivity index (χ2n) is 3.50. The van der Waals surface area contributed by atoms with Gasteiger partial charge in [-0.2, -0.15) is 0 Å². The molecule has 2 rings (SSSR count). The van der Waals surface area contributed by atoms with Gasteiger partial charge in [-0.25, -0.2) is 4.79 Å². The molecule has 0 aliphatic heterocycles. The largest absolute Gasteiger partial charge is 0.323 e. The first-order valence-corrected chi connectivity index (χ1v) is 5.15. The van der Waals surface area contributed by atoms with E-state index in [0.717, 1.165) is 5.69 Å². The summed E-state index contributed by atoms with van der Waals surface area (Å²) in [5.41, 5.74) is 2.26. The molecule has 17 heavy (non-hydrogen) atoms. The molecule has 0 spiro atoms. The van der Waals surface area contributed by atoms with Gasteiger partial charge in [0.1, 0.15) is 0 Å². The van der Waals surface area contributed by atoms with Crippen molar-refractivity contribution in [2.24, 2.45) is 0 Å². The first-order valence-electron chi connectivity index (χ1n) is 5.15. The number of carbonyl (C=O) groups excluding carboxylic acids is 1. The maximum atomic E-state index is 11.6. The second kappa shape index (κ2) is 5.07. The lowest BCUT2D eigenvalue weighted by Crippen LogP contribution is -2.19. The third-order valence-electron chi connectivity index (χ3n) is 2.09. The number of aromatic nitrogens is 2. The number of nitrogens with zero attached hydrogens (tertiary/aromatic N) is 2. The van der Waals surface area contributed by atoms with Crippen LogP contribution in [0.1, 0.15) is 5.69 Å². The molecule has 0 aliphatic rings. The van der Waals surface area contributed by atoms with Gasteiger partial charge in [0.05, 0.1) is 0 Å². The van der Waals surface area contributed by atoms with Crippen LogP contribution in [0.2, 0.25) is 0 Å². The monoisotopic (exact) mass is 228 g/mol. The Hall–Kier alpha value is -2.43. The Morgan fingerprint density at radius 2 is 1.71 bits per heavy atom. The number of anilines is 2. The Kier molecular flexibility index (Phi) is 3.30. The van der Waals surface area contributed by atoms with Crippen molar-refractivity contribution in [2.45, 2.75) is 6.92 Å². The first-order chi connectivity index (χ1) is 8.24. The molecule has 2 heterocycles. The van der Waals surface area contributed by atoms with Crippen molar-refractivity contribution in [3.05, 3.63) is 48.5 Å². The number of hydrogen-bond donors (Lipinski definition) is 2. The molecule has 0 atom stereocenters. The summed E-state index contributed by atoms with van der Waals surface area (Å²) in [5, 5.41) is 5.42. The minimum atomic E-state index is -0.290. The minimum Gasteiger partial charge on any atom is -0.308 e. The highest BCUT2D eigenvalue weighted by atomic mass is 16.2. The van der Waals surface area contributed by atoms with E-state index in [1.54, 1.807) is 42.9 Å². The number of aryl methyl sites for hydroxylation is 1. The number of urea groups is 1. The number of pyridine rings is 2. The van der Waals surface area contributed by atoms with Crippen LogP contribution in [0.4, 0.5) is 16.2 Å². The van der Waals surface area contributed by atoms with E-state index >= 15 is 0 Å². The molecule has 2 amide bonds. The van der Waals surface area contributed by atoms with E-state index in [0.29, 0.717) is 11.4 Å². The molecule has 5 heteroatoms.